The van der Waals surface area contributed by atoms with E-state index >= 15 is 0 Å². The Morgan fingerprint density at radius 3 is 2.43 bits per heavy atom. The van der Waals surface area contributed by atoms with Crippen LogP contribution in [0.25, 0.3) is 0 Å². The van der Waals surface area contributed by atoms with Crippen molar-refractivity contribution in [3.8, 4) is 0 Å². The maximum absolute atomic E-state index is 5.70. The molecule has 1 heterocycles. The summed E-state index contributed by atoms with van der Waals surface area (Å²) in [6.07, 6.45) is 3.53. The molecule has 0 atom stereocenters. The second-order valence-electron chi connectivity index (χ2n) is 5.14. The molecule has 0 aliphatic rings. The van der Waals surface area contributed by atoms with Gasteiger partial charge in [0.25, 0.3) is 0 Å². The van der Waals surface area contributed by atoms with Gasteiger partial charge in [0.1, 0.15) is 0 Å². The Labute approximate surface area is 125 Å². The van der Waals surface area contributed by atoms with Gasteiger partial charge in [-0.1, -0.05) is 25.5 Å². The van der Waals surface area contributed by atoms with Crippen LogP contribution < -0.4 is 16.0 Å². The third kappa shape index (κ3) is 4.30. The molecule has 6 heteroatoms. The normalized spacial score (nSPS) is 10.4. The van der Waals surface area contributed by atoms with Gasteiger partial charge >= 0.3 is 0 Å². The third-order valence-electron chi connectivity index (χ3n) is 3.07. The molecule has 6 nitrogen and oxygen atoms in total. The number of nitrogen functional groups attached to an aromatic ring is 1. The molecule has 21 heavy (non-hydrogen) atoms. The third-order valence-corrected chi connectivity index (χ3v) is 3.07. The Hall–Kier alpha value is -2.37. The number of hydrogen-bond acceptors (Lipinski definition) is 6. The van der Waals surface area contributed by atoms with Crippen LogP contribution in [0.3, 0.4) is 0 Å². The molecule has 0 radical (unpaired) electrons. The van der Waals surface area contributed by atoms with Gasteiger partial charge in [0.15, 0.2) is 0 Å². The molecule has 0 saturated heterocycles. The first-order valence-corrected chi connectivity index (χ1v) is 7.13. The molecule has 0 aliphatic heterocycles. The van der Waals surface area contributed by atoms with E-state index in [1.165, 1.54) is 18.4 Å². The van der Waals surface area contributed by atoms with Crippen LogP contribution in [0.15, 0.2) is 24.3 Å². The Morgan fingerprint density at radius 1 is 1.10 bits per heavy atom. The number of aryl methyl sites for hydroxylation is 1. The lowest BCUT2D eigenvalue weighted by molar-refractivity contribution is 0.795. The van der Waals surface area contributed by atoms with Crippen molar-refractivity contribution in [2.45, 2.75) is 26.2 Å². The first-order valence-electron chi connectivity index (χ1n) is 7.13. The number of aromatic nitrogens is 3. The van der Waals surface area contributed by atoms with E-state index in [2.05, 4.69) is 39.3 Å². The first kappa shape index (κ1) is 15.0. The number of unbranched alkanes of at least 4 members (excludes halogenated alkanes) is 1. The summed E-state index contributed by atoms with van der Waals surface area (Å²) in [7, 11) is 3.72. The van der Waals surface area contributed by atoms with Crippen molar-refractivity contribution in [2.24, 2.45) is 0 Å². The first-order chi connectivity index (χ1) is 10.1. The summed E-state index contributed by atoms with van der Waals surface area (Å²) in [4.78, 5) is 14.3. The number of nitrogens with zero attached hydrogens (tertiary/aromatic N) is 4. The number of hydrogen-bond donors (Lipinski definition) is 2. The maximum Gasteiger partial charge on any atom is 0.233 e. The highest BCUT2D eigenvalue weighted by molar-refractivity contribution is 5.55. The predicted molar refractivity (Wildman–Crippen MR) is 86.9 cm³/mol. The summed E-state index contributed by atoms with van der Waals surface area (Å²) < 4.78 is 0. The van der Waals surface area contributed by atoms with Gasteiger partial charge < -0.3 is 16.0 Å². The SMILES string of the molecule is CCCCc1ccc(Nc2nc(N)nc(N(C)C)n2)cc1. The summed E-state index contributed by atoms with van der Waals surface area (Å²) in [6, 6.07) is 8.30. The lowest BCUT2D eigenvalue weighted by Gasteiger charge is -2.12. The van der Waals surface area contributed by atoms with Gasteiger partial charge in [-0.3, -0.25) is 0 Å². The predicted octanol–water partition coefficient (Wildman–Crippen LogP) is 2.61. The number of nitrogens with one attached hydrogen (secondary N) is 1. The van der Waals surface area contributed by atoms with Gasteiger partial charge in [0.2, 0.25) is 17.8 Å². The zero-order valence-electron chi connectivity index (χ0n) is 12.8. The second-order valence-corrected chi connectivity index (χ2v) is 5.14. The molecule has 0 bridgehead atoms. The number of benzene rings is 1. The molecular weight excluding hydrogens is 264 g/mol. The van der Waals surface area contributed by atoms with Crippen LogP contribution in [0.2, 0.25) is 0 Å². The van der Waals surface area contributed by atoms with E-state index in [-0.39, 0.29) is 5.95 Å². The standard InChI is InChI=1S/C15H22N6/c1-4-5-6-11-7-9-12(10-8-11)17-14-18-13(16)19-15(20-14)21(2)3/h7-10H,4-6H2,1-3H3,(H3,16,17,18,19,20). The quantitative estimate of drug-likeness (QED) is 0.849. The minimum absolute atomic E-state index is 0.204. The van der Waals surface area contributed by atoms with Crippen molar-refractivity contribution in [1.82, 2.24) is 15.0 Å². The smallest absolute Gasteiger partial charge is 0.233 e. The second kappa shape index (κ2) is 6.88. The van der Waals surface area contributed by atoms with Crippen molar-refractivity contribution in [1.29, 1.82) is 0 Å². The summed E-state index contributed by atoms with van der Waals surface area (Å²) in [5.74, 6) is 1.19. The number of rotatable bonds is 6. The average Bonchev–Trinajstić information content (AvgIpc) is 2.46. The largest absolute Gasteiger partial charge is 0.368 e. The lowest BCUT2D eigenvalue weighted by Crippen LogP contribution is -2.15. The van der Waals surface area contributed by atoms with Crippen molar-refractivity contribution in [3.63, 3.8) is 0 Å². The minimum atomic E-state index is 0.204. The summed E-state index contributed by atoms with van der Waals surface area (Å²) in [5.41, 5.74) is 7.98. The van der Waals surface area contributed by atoms with E-state index in [4.69, 9.17) is 5.73 Å². The van der Waals surface area contributed by atoms with Crippen LogP contribution in [0.5, 0.6) is 0 Å². The van der Waals surface area contributed by atoms with Crippen molar-refractivity contribution >= 4 is 23.5 Å². The fourth-order valence-corrected chi connectivity index (χ4v) is 1.90. The van der Waals surface area contributed by atoms with Gasteiger partial charge in [-0.2, -0.15) is 15.0 Å². The molecule has 1 aromatic carbocycles. The van der Waals surface area contributed by atoms with E-state index in [0.717, 1.165) is 12.1 Å². The van der Waals surface area contributed by atoms with Crippen LogP contribution in [-0.4, -0.2) is 29.0 Å². The molecule has 3 N–H and O–H groups in total. The molecule has 0 aliphatic carbocycles. The molecule has 0 saturated carbocycles. The number of nitrogens with two attached hydrogens (primary N) is 1. The summed E-state index contributed by atoms with van der Waals surface area (Å²) in [5, 5.41) is 3.15. The molecule has 0 spiro atoms. The molecule has 0 unspecified atom stereocenters. The summed E-state index contributed by atoms with van der Waals surface area (Å²) >= 11 is 0. The van der Waals surface area contributed by atoms with Gasteiger partial charge in [0.05, 0.1) is 0 Å². The van der Waals surface area contributed by atoms with Gasteiger partial charge in [0, 0.05) is 19.8 Å². The van der Waals surface area contributed by atoms with Crippen LogP contribution in [0, 0.1) is 0 Å². The molecule has 2 rings (SSSR count). The molecule has 112 valence electrons. The Balaban J connectivity index is 2.10. The molecule has 0 amide bonds. The van der Waals surface area contributed by atoms with Crippen LogP contribution in [0.4, 0.5) is 23.5 Å². The highest BCUT2D eigenvalue weighted by atomic mass is 15.3. The Kier molecular flexibility index (Phi) is 4.92. The lowest BCUT2D eigenvalue weighted by atomic mass is 10.1. The minimum Gasteiger partial charge on any atom is -0.368 e. The molecule has 2 aromatic rings. The highest BCUT2D eigenvalue weighted by Crippen LogP contribution is 2.17. The van der Waals surface area contributed by atoms with Gasteiger partial charge in [-0.25, -0.2) is 0 Å². The van der Waals surface area contributed by atoms with Gasteiger partial charge in [-0.05, 0) is 30.5 Å². The monoisotopic (exact) mass is 286 g/mol. The molecular formula is C15H22N6. The Bertz CT molecular complexity index is 579. The Morgan fingerprint density at radius 2 is 1.81 bits per heavy atom. The highest BCUT2D eigenvalue weighted by Gasteiger charge is 2.06. The van der Waals surface area contributed by atoms with Gasteiger partial charge in [-0.15, -0.1) is 0 Å². The van der Waals surface area contributed by atoms with Crippen LogP contribution in [0.1, 0.15) is 25.3 Å². The van der Waals surface area contributed by atoms with E-state index in [1.807, 2.05) is 26.2 Å². The van der Waals surface area contributed by atoms with Crippen molar-refractivity contribution in [3.05, 3.63) is 29.8 Å². The van der Waals surface area contributed by atoms with Crippen LogP contribution in [-0.2, 0) is 6.42 Å². The van der Waals surface area contributed by atoms with E-state index in [0.29, 0.717) is 11.9 Å². The van der Waals surface area contributed by atoms with Crippen LogP contribution >= 0.6 is 0 Å². The zero-order valence-corrected chi connectivity index (χ0v) is 12.8. The van der Waals surface area contributed by atoms with E-state index < -0.39 is 0 Å². The summed E-state index contributed by atoms with van der Waals surface area (Å²) in [6.45, 7) is 2.20. The maximum atomic E-state index is 5.70. The van der Waals surface area contributed by atoms with E-state index in [9.17, 15) is 0 Å². The zero-order chi connectivity index (χ0) is 15.2. The van der Waals surface area contributed by atoms with Crippen molar-refractivity contribution < 1.29 is 0 Å². The van der Waals surface area contributed by atoms with E-state index in [1.54, 1.807) is 4.90 Å². The average molecular weight is 286 g/mol. The topological polar surface area (TPSA) is 80.0 Å². The number of anilines is 4. The fourth-order valence-electron chi connectivity index (χ4n) is 1.90. The molecule has 0 fully saturated rings. The van der Waals surface area contributed by atoms with Crippen molar-refractivity contribution in [2.75, 3.05) is 30.0 Å². The molecule has 1 aromatic heterocycles. The fraction of sp³-hybridized carbons (Fsp3) is 0.400.